The highest BCUT2D eigenvalue weighted by Gasteiger charge is 2.32. The fraction of sp³-hybridized carbons (Fsp3) is 0.714. The lowest BCUT2D eigenvalue weighted by Gasteiger charge is -2.22. The Bertz CT molecular complexity index is 145. The lowest BCUT2D eigenvalue weighted by Crippen LogP contribution is -2.32. The average Bonchev–Trinajstić information content (AvgIpc) is 1.86. The van der Waals surface area contributed by atoms with Crippen LogP contribution >= 0.6 is 34.8 Å². The highest BCUT2D eigenvalue weighted by Crippen LogP contribution is 2.29. The van der Waals surface area contributed by atoms with Crippen molar-refractivity contribution >= 4 is 34.8 Å². The molecule has 1 nitrogen and oxygen atoms in total. The zero-order valence-corrected chi connectivity index (χ0v) is 8.55. The summed E-state index contributed by atoms with van der Waals surface area (Å²) in [6, 6.07) is 0. The van der Waals surface area contributed by atoms with Gasteiger partial charge in [-0.05, 0) is 13.3 Å². The van der Waals surface area contributed by atoms with Crippen LogP contribution in [0.5, 0.6) is 0 Å². The second-order valence-corrected chi connectivity index (χ2v) is 4.38. The summed E-state index contributed by atoms with van der Waals surface area (Å²) < 4.78 is -1.26. The van der Waals surface area contributed by atoms with E-state index in [1.54, 1.807) is 6.92 Å². The van der Waals surface area contributed by atoms with Crippen LogP contribution in [0, 0.1) is 0 Å². The van der Waals surface area contributed by atoms with Crippen molar-refractivity contribution < 1.29 is 5.11 Å². The van der Waals surface area contributed by atoms with Gasteiger partial charge in [0, 0.05) is 0 Å². The zero-order valence-electron chi connectivity index (χ0n) is 6.28. The second-order valence-electron chi connectivity index (χ2n) is 2.57. The van der Waals surface area contributed by atoms with Crippen molar-refractivity contribution in [3.8, 4) is 0 Å². The van der Waals surface area contributed by atoms with E-state index < -0.39 is 10.4 Å². The maximum absolute atomic E-state index is 9.34. The van der Waals surface area contributed by atoms with Gasteiger partial charge in [-0.2, -0.15) is 0 Å². The quantitative estimate of drug-likeness (QED) is 0.567. The Morgan fingerprint density at radius 2 is 2.09 bits per heavy atom. The number of alkyl halides is 3. The number of aliphatic hydroxyl groups is 1. The van der Waals surface area contributed by atoms with Crippen LogP contribution in [-0.2, 0) is 0 Å². The van der Waals surface area contributed by atoms with E-state index >= 15 is 0 Å². The molecule has 0 fully saturated rings. The molecule has 0 rings (SSSR count). The summed E-state index contributed by atoms with van der Waals surface area (Å²) in [7, 11) is 0. The highest BCUT2D eigenvalue weighted by atomic mass is 35.5. The fourth-order valence-corrected chi connectivity index (χ4v) is 0.901. The lowest BCUT2D eigenvalue weighted by atomic mass is 10.1. The Hall–Kier alpha value is 0.570. The van der Waals surface area contributed by atoms with Gasteiger partial charge in [-0.3, -0.25) is 0 Å². The Morgan fingerprint density at radius 1 is 1.64 bits per heavy atom. The summed E-state index contributed by atoms with van der Waals surface area (Å²) >= 11 is 16.7. The van der Waals surface area contributed by atoms with Gasteiger partial charge < -0.3 is 5.11 Å². The molecule has 0 aromatic carbocycles. The van der Waals surface area contributed by atoms with Gasteiger partial charge in [-0.1, -0.05) is 28.8 Å². The predicted octanol–water partition coefficient (Wildman–Crippen LogP) is 2.73. The third kappa shape index (κ3) is 4.22. The van der Waals surface area contributed by atoms with Gasteiger partial charge in [-0.25, -0.2) is 0 Å². The number of rotatable bonds is 4. The van der Waals surface area contributed by atoms with Gasteiger partial charge >= 0.3 is 0 Å². The SMILES string of the molecule is C=C(C)CC(O)C(Cl)(Cl)CCl. The first-order valence-electron chi connectivity index (χ1n) is 3.16. The Labute approximate surface area is 81.9 Å². The van der Waals surface area contributed by atoms with Crippen molar-refractivity contribution in [2.75, 3.05) is 5.88 Å². The molecule has 0 amide bonds. The predicted molar refractivity (Wildman–Crippen MR) is 50.6 cm³/mol. The van der Waals surface area contributed by atoms with E-state index in [2.05, 4.69) is 6.58 Å². The first-order valence-corrected chi connectivity index (χ1v) is 4.45. The van der Waals surface area contributed by atoms with Crippen LogP contribution in [-0.4, -0.2) is 21.4 Å². The molecule has 0 bridgehead atoms. The zero-order chi connectivity index (χ0) is 9.07. The average molecular weight is 218 g/mol. The van der Waals surface area contributed by atoms with E-state index in [0.29, 0.717) is 6.42 Å². The summed E-state index contributed by atoms with van der Waals surface area (Å²) in [5.74, 6) is 0.00452. The molecule has 0 aromatic heterocycles. The van der Waals surface area contributed by atoms with E-state index in [0.717, 1.165) is 5.57 Å². The molecule has 1 N–H and O–H groups in total. The molecule has 0 saturated carbocycles. The van der Waals surface area contributed by atoms with Crippen LogP contribution in [0.3, 0.4) is 0 Å². The van der Waals surface area contributed by atoms with Crippen LogP contribution < -0.4 is 0 Å². The van der Waals surface area contributed by atoms with Gasteiger partial charge in [-0.15, -0.1) is 18.2 Å². The molecule has 0 spiro atoms. The number of halogens is 3. The van der Waals surface area contributed by atoms with E-state index in [1.807, 2.05) is 0 Å². The Kier molecular flexibility index (Phi) is 4.80. The van der Waals surface area contributed by atoms with Crippen molar-refractivity contribution in [3.05, 3.63) is 12.2 Å². The van der Waals surface area contributed by atoms with Gasteiger partial charge in [0.25, 0.3) is 0 Å². The standard InChI is InChI=1S/C7H11Cl3O/c1-5(2)3-6(11)7(9,10)4-8/h6,11H,1,3-4H2,2H3. The Balaban J connectivity index is 4.01. The van der Waals surface area contributed by atoms with Crippen LogP contribution in [0.1, 0.15) is 13.3 Å². The summed E-state index contributed by atoms with van der Waals surface area (Å²) in [6.07, 6.45) is -0.472. The van der Waals surface area contributed by atoms with E-state index in [1.165, 1.54) is 0 Å². The minimum atomic E-state index is -1.26. The van der Waals surface area contributed by atoms with Crippen LogP contribution in [0.15, 0.2) is 12.2 Å². The van der Waals surface area contributed by atoms with E-state index in [4.69, 9.17) is 34.8 Å². The largest absolute Gasteiger partial charge is 0.390 e. The van der Waals surface area contributed by atoms with E-state index in [9.17, 15) is 5.11 Å². The molecule has 66 valence electrons. The third-order valence-electron chi connectivity index (χ3n) is 1.21. The smallest absolute Gasteiger partial charge is 0.157 e. The molecule has 11 heavy (non-hydrogen) atoms. The lowest BCUT2D eigenvalue weighted by molar-refractivity contribution is 0.162. The normalized spacial score (nSPS) is 14.6. The molecular formula is C7H11Cl3O. The molecular weight excluding hydrogens is 206 g/mol. The molecule has 0 saturated heterocycles. The molecule has 0 aromatic rings. The number of hydrogen-bond donors (Lipinski definition) is 1. The summed E-state index contributed by atoms with van der Waals surface area (Å²) in [5, 5.41) is 9.34. The molecule has 4 heteroatoms. The third-order valence-corrected chi connectivity index (χ3v) is 2.67. The van der Waals surface area contributed by atoms with Crippen molar-refractivity contribution in [1.82, 2.24) is 0 Å². The monoisotopic (exact) mass is 216 g/mol. The van der Waals surface area contributed by atoms with Gasteiger partial charge in [0.05, 0.1) is 12.0 Å². The first-order chi connectivity index (χ1) is 4.90. The molecule has 0 heterocycles. The number of hydrogen-bond acceptors (Lipinski definition) is 1. The van der Waals surface area contributed by atoms with Crippen molar-refractivity contribution in [1.29, 1.82) is 0 Å². The Morgan fingerprint density at radius 3 is 2.36 bits per heavy atom. The number of aliphatic hydroxyl groups excluding tert-OH is 1. The molecule has 0 aliphatic heterocycles. The molecule has 0 radical (unpaired) electrons. The molecule has 0 aliphatic carbocycles. The topological polar surface area (TPSA) is 20.2 Å². The first kappa shape index (κ1) is 11.6. The highest BCUT2D eigenvalue weighted by molar-refractivity contribution is 6.51. The van der Waals surface area contributed by atoms with Crippen LogP contribution in [0.25, 0.3) is 0 Å². The second kappa shape index (κ2) is 4.56. The minimum absolute atomic E-state index is 0.00452. The van der Waals surface area contributed by atoms with Gasteiger partial charge in [0.2, 0.25) is 0 Å². The van der Waals surface area contributed by atoms with Crippen molar-refractivity contribution in [2.24, 2.45) is 0 Å². The van der Waals surface area contributed by atoms with Crippen molar-refractivity contribution in [3.63, 3.8) is 0 Å². The molecule has 1 atom stereocenters. The van der Waals surface area contributed by atoms with Gasteiger partial charge in [0.1, 0.15) is 0 Å². The molecule has 0 aliphatic rings. The minimum Gasteiger partial charge on any atom is -0.390 e. The van der Waals surface area contributed by atoms with Crippen LogP contribution in [0.4, 0.5) is 0 Å². The van der Waals surface area contributed by atoms with E-state index in [-0.39, 0.29) is 5.88 Å². The van der Waals surface area contributed by atoms with Gasteiger partial charge in [0.15, 0.2) is 4.33 Å². The maximum Gasteiger partial charge on any atom is 0.157 e. The summed E-state index contributed by atoms with van der Waals surface area (Å²) in [5.41, 5.74) is 0.827. The molecule has 1 unspecified atom stereocenters. The fourth-order valence-electron chi connectivity index (χ4n) is 0.568. The summed E-state index contributed by atoms with van der Waals surface area (Å²) in [4.78, 5) is 0. The van der Waals surface area contributed by atoms with Crippen LogP contribution in [0.2, 0.25) is 0 Å². The maximum atomic E-state index is 9.34. The van der Waals surface area contributed by atoms with Crippen molar-refractivity contribution in [2.45, 2.75) is 23.8 Å². The summed E-state index contributed by atoms with van der Waals surface area (Å²) in [6.45, 7) is 5.42.